The summed E-state index contributed by atoms with van der Waals surface area (Å²) in [5, 5.41) is 0. The Morgan fingerprint density at radius 2 is 1.44 bits per heavy atom. The van der Waals surface area contributed by atoms with Crippen molar-refractivity contribution in [3.05, 3.63) is 0 Å². The number of halogens is 1. The molecular weight excluding hydrogens is 134 g/mol. The molecule has 0 saturated heterocycles. The normalized spacial score (nSPS) is 47.0. The highest BCUT2D eigenvalue weighted by Crippen LogP contribution is 2.48. The van der Waals surface area contributed by atoms with Crippen LogP contribution in [0.3, 0.4) is 0 Å². The van der Waals surface area contributed by atoms with Gasteiger partial charge in [0.1, 0.15) is 0 Å². The molecule has 2 aliphatic rings. The first kappa shape index (κ1) is 7.36. The first-order valence-electron chi connectivity index (χ1n) is 3.65. The molecule has 1 unspecified atom stereocenters. The molecule has 0 heterocycles. The summed E-state index contributed by atoms with van der Waals surface area (Å²) in [4.78, 5) is 0. The molecule has 2 saturated carbocycles. The van der Waals surface area contributed by atoms with E-state index >= 15 is 0 Å². The van der Waals surface area contributed by atoms with Gasteiger partial charge in [-0.15, -0.1) is 12.4 Å². The van der Waals surface area contributed by atoms with Crippen LogP contribution in [0.4, 0.5) is 0 Å². The standard InChI is InChI=1S/C7H13N.ClH/c8-7-5-3-1-2-4-6(5)7;/h5-7H,1-4,8H2;1H/t5-,6+,7?;. The number of nitrogens with two attached hydrogens (primary N) is 1. The first-order chi connectivity index (χ1) is 3.89. The van der Waals surface area contributed by atoms with Crippen molar-refractivity contribution in [2.75, 3.05) is 0 Å². The van der Waals surface area contributed by atoms with Crippen LogP contribution in [0.5, 0.6) is 0 Å². The Kier molecular flexibility index (Phi) is 2.02. The van der Waals surface area contributed by atoms with Crippen LogP contribution in [0, 0.1) is 11.8 Å². The summed E-state index contributed by atoms with van der Waals surface area (Å²) in [6.45, 7) is 0. The molecule has 0 amide bonds. The lowest BCUT2D eigenvalue weighted by atomic mass is 10.0. The zero-order valence-corrected chi connectivity index (χ0v) is 6.36. The zero-order valence-electron chi connectivity index (χ0n) is 5.55. The Labute approximate surface area is 62.4 Å². The van der Waals surface area contributed by atoms with Gasteiger partial charge in [0, 0.05) is 6.04 Å². The molecule has 2 rings (SSSR count). The topological polar surface area (TPSA) is 26.0 Å². The van der Waals surface area contributed by atoms with Crippen molar-refractivity contribution in [1.29, 1.82) is 0 Å². The molecule has 54 valence electrons. The van der Waals surface area contributed by atoms with E-state index in [0.29, 0.717) is 6.04 Å². The summed E-state index contributed by atoms with van der Waals surface area (Å²) in [7, 11) is 0. The summed E-state index contributed by atoms with van der Waals surface area (Å²) >= 11 is 0. The molecule has 2 aliphatic carbocycles. The van der Waals surface area contributed by atoms with Gasteiger partial charge in [0.05, 0.1) is 0 Å². The lowest BCUT2D eigenvalue weighted by Gasteiger charge is -2.04. The second-order valence-electron chi connectivity index (χ2n) is 3.19. The van der Waals surface area contributed by atoms with Crippen LogP contribution in [0.25, 0.3) is 0 Å². The van der Waals surface area contributed by atoms with Crippen molar-refractivity contribution >= 4 is 12.4 Å². The second-order valence-corrected chi connectivity index (χ2v) is 3.19. The quantitative estimate of drug-likeness (QED) is 0.553. The van der Waals surface area contributed by atoms with Crippen molar-refractivity contribution < 1.29 is 0 Å². The van der Waals surface area contributed by atoms with Crippen molar-refractivity contribution in [2.45, 2.75) is 31.7 Å². The molecule has 0 aromatic heterocycles. The van der Waals surface area contributed by atoms with Crippen LogP contribution in [0.2, 0.25) is 0 Å². The average molecular weight is 148 g/mol. The molecule has 9 heavy (non-hydrogen) atoms. The van der Waals surface area contributed by atoms with E-state index in [1.807, 2.05) is 0 Å². The minimum atomic E-state index is 0. The van der Waals surface area contributed by atoms with E-state index in [1.165, 1.54) is 25.7 Å². The van der Waals surface area contributed by atoms with Crippen molar-refractivity contribution in [1.82, 2.24) is 0 Å². The summed E-state index contributed by atoms with van der Waals surface area (Å²) in [6, 6.07) is 0.609. The van der Waals surface area contributed by atoms with Crippen LogP contribution >= 0.6 is 12.4 Å². The van der Waals surface area contributed by atoms with Gasteiger partial charge in [-0.2, -0.15) is 0 Å². The third kappa shape index (κ3) is 1.08. The highest BCUT2D eigenvalue weighted by atomic mass is 35.5. The molecule has 0 aromatic carbocycles. The maximum absolute atomic E-state index is 5.77. The van der Waals surface area contributed by atoms with E-state index in [4.69, 9.17) is 5.73 Å². The molecule has 1 nitrogen and oxygen atoms in total. The van der Waals surface area contributed by atoms with Crippen LogP contribution in [-0.2, 0) is 0 Å². The molecule has 0 aliphatic heterocycles. The van der Waals surface area contributed by atoms with Crippen molar-refractivity contribution in [2.24, 2.45) is 17.6 Å². The highest BCUT2D eigenvalue weighted by Gasteiger charge is 2.47. The third-order valence-electron chi connectivity index (χ3n) is 2.72. The Morgan fingerprint density at radius 3 is 1.78 bits per heavy atom. The van der Waals surface area contributed by atoms with Crippen LogP contribution in [0.1, 0.15) is 25.7 Å². The van der Waals surface area contributed by atoms with E-state index < -0.39 is 0 Å². The number of rotatable bonds is 0. The molecule has 0 bridgehead atoms. The van der Waals surface area contributed by atoms with Gasteiger partial charge in [0.2, 0.25) is 0 Å². The fourth-order valence-corrected chi connectivity index (χ4v) is 2.05. The monoisotopic (exact) mass is 147 g/mol. The predicted octanol–water partition coefficient (Wildman–Crippen LogP) is 1.56. The Morgan fingerprint density at radius 1 is 1.00 bits per heavy atom. The maximum atomic E-state index is 5.77. The molecule has 2 N–H and O–H groups in total. The third-order valence-corrected chi connectivity index (χ3v) is 2.72. The fraction of sp³-hybridized carbons (Fsp3) is 1.00. The van der Waals surface area contributed by atoms with Gasteiger partial charge in [-0.05, 0) is 24.7 Å². The van der Waals surface area contributed by atoms with Crippen LogP contribution < -0.4 is 5.73 Å². The summed E-state index contributed by atoms with van der Waals surface area (Å²) < 4.78 is 0. The largest absolute Gasteiger partial charge is 0.327 e. The van der Waals surface area contributed by atoms with Crippen LogP contribution in [-0.4, -0.2) is 6.04 Å². The van der Waals surface area contributed by atoms with Gasteiger partial charge >= 0.3 is 0 Å². The first-order valence-corrected chi connectivity index (χ1v) is 3.65. The number of fused-ring (bicyclic) bond motifs is 1. The van der Waals surface area contributed by atoms with E-state index in [1.54, 1.807) is 0 Å². The highest BCUT2D eigenvalue weighted by molar-refractivity contribution is 5.85. The van der Waals surface area contributed by atoms with E-state index in [9.17, 15) is 0 Å². The van der Waals surface area contributed by atoms with E-state index in [-0.39, 0.29) is 12.4 Å². The molecule has 2 heteroatoms. The zero-order chi connectivity index (χ0) is 5.56. The lowest BCUT2D eigenvalue weighted by Crippen LogP contribution is -2.02. The smallest absolute Gasteiger partial charge is 0.0102 e. The Hall–Kier alpha value is 0.250. The van der Waals surface area contributed by atoms with Gasteiger partial charge in [-0.3, -0.25) is 0 Å². The lowest BCUT2D eigenvalue weighted by molar-refractivity contribution is 0.480. The number of hydrogen-bond acceptors (Lipinski definition) is 1. The number of hydrogen-bond donors (Lipinski definition) is 1. The second kappa shape index (κ2) is 2.47. The Balaban J connectivity index is 0.000000405. The predicted molar refractivity (Wildman–Crippen MR) is 40.7 cm³/mol. The summed E-state index contributed by atoms with van der Waals surface area (Å²) in [6.07, 6.45) is 5.72. The molecule has 0 aromatic rings. The molecule has 2 fully saturated rings. The average Bonchev–Trinajstić information content (AvgIpc) is 2.46. The van der Waals surface area contributed by atoms with Gasteiger partial charge in [0.15, 0.2) is 0 Å². The SMILES string of the molecule is Cl.NC1[C@H]2CCCC[C@@H]12. The minimum absolute atomic E-state index is 0. The molecule has 0 radical (unpaired) electrons. The minimum Gasteiger partial charge on any atom is -0.327 e. The fourth-order valence-electron chi connectivity index (χ4n) is 2.05. The van der Waals surface area contributed by atoms with Gasteiger partial charge < -0.3 is 5.73 Å². The summed E-state index contributed by atoms with van der Waals surface area (Å²) in [5.74, 6) is 1.90. The maximum Gasteiger partial charge on any atom is 0.0102 e. The van der Waals surface area contributed by atoms with Crippen molar-refractivity contribution in [3.63, 3.8) is 0 Å². The summed E-state index contributed by atoms with van der Waals surface area (Å²) in [5.41, 5.74) is 5.77. The van der Waals surface area contributed by atoms with Gasteiger partial charge in [-0.1, -0.05) is 12.8 Å². The van der Waals surface area contributed by atoms with Crippen LogP contribution in [0.15, 0.2) is 0 Å². The molecular formula is C7H14ClN. The van der Waals surface area contributed by atoms with Gasteiger partial charge in [-0.25, -0.2) is 0 Å². The van der Waals surface area contributed by atoms with E-state index in [0.717, 1.165) is 11.8 Å². The molecule has 0 spiro atoms. The molecule has 3 atom stereocenters. The Bertz CT molecular complexity index is 93.1. The van der Waals surface area contributed by atoms with E-state index in [2.05, 4.69) is 0 Å². The van der Waals surface area contributed by atoms with Crippen molar-refractivity contribution in [3.8, 4) is 0 Å². The van der Waals surface area contributed by atoms with Gasteiger partial charge in [0.25, 0.3) is 0 Å².